The first-order valence-electron chi connectivity index (χ1n) is 7.36. The van der Waals surface area contributed by atoms with Crippen LogP contribution in [0, 0.1) is 0 Å². The molecule has 0 bridgehead atoms. The van der Waals surface area contributed by atoms with Gasteiger partial charge in [0.25, 0.3) is 0 Å². The van der Waals surface area contributed by atoms with Gasteiger partial charge in [-0.25, -0.2) is 0 Å². The predicted molar refractivity (Wildman–Crippen MR) is 74.9 cm³/mol. The van der Waals surface area contributed by atoms with Crippen molar-refractivity contribution < 1.29 is 9.84 Å². The summed E-state index contributed by atoms with van der Waals surface area (Å²) in [6.45, 7) is 10.7. The van der Waals surface area contributed by atoms with E-state index in [1.54, 1.807) is 0 Å². The highest BCUT2D eigenvalue weighted by atomic mass is 16.5. The molecule has 4 heteroatoms. The Bertz CT molecular complexity index is 204. The molecule has 0 spiro atoms. The number of rotatable bonds is 8. The van der Waals surface area contributed by atoms with E-state index in [1.807, 2.05) is 0 Å². The summed E-state index contributed by atoms with van der Waals surface area (Å²) in [5.41, 5.74) is 0. The van der Waals surface area contributed by atoms with Crippen molar-refractivity contribution in [3.8, 4) is 0 Å². The first-order valence-corrected chi connectivity index (χ1v) is 7.36. The summed E-state index contributed by atoms with van der Waals surface area (Å²) < 4.78 is 5.65. The van der Waals surface area contributed by atoms with Gasteiger partial charge in [-0.3, -0.25) is 0 Å². The van der Waals surface area contributed by atoms with E-state index in [-0.39, 0.29) is 12.6 Å². The number of aliphatic hydroxyl groups excluding tert-OH is 1. The van der Waals surface area contributed by atoms with Gasteiger partial charge in [0.1, 0.15) is 0 Å². The first kappa shape index (κ1) is 15.9. The van der Waals surface area contributed by atoms with Crippen molar-refractivity contribution in [2.75, 3.05) is 32.8 Å². The Labute approximate surface area is 112 Å². The third kappa shape index (κ3) is 6.14. The second-order valence-electron chi connectivity index (χ2n) is 5.49. The molecule has 4 nitrogen and oxygen atoms in total. The molecule has 1 aliphatic heterocycles. The summed E-state index contributed by atoms with van der Waals surface area (Å²) in [7, 11) is 0. The maximum atomic E-state index is 9.32. The molecule has 0 aliphatic carbocycles. The van der Waals surface area contributed by atoms with E-state index in [0.29, 0.717) is 12.1 Å². The number of nitrogens with zero attached hydrogens (tertiary/aromatic N) is 1. The molecule has 18 heavy (non-hydrogen) atoms. The summed E-state index contributed by atoms with van der Waals surface area (Å²) in [5.74, 6) is 0. The molecule has 1 atom stereocenters. The Morgan fingerprint density at radius 1 is 1.33 bits per heavy atom. The molecule has 0 aromatic heterocycles. The molecule has 0 radical (unpaired) electrons. The molecule has 1 unspecified atom stereocenters. The lowest BCUT2D eigenvalue weighted by Gasteiger charge is -2.32. The number of nitrogens with one attached hydrogen (secondary N) is 1. The van der Waals surface area contributed by atoms with Crippen LogP contribution in [0.4, 0.5) is 0 Å². The van der Waals surface area contributed by atoms with Gasteiger partial charge in [-0.05, 0) is 32.7 Å². The summed E-state index contributed by atoms with van der Waals surface area (Å²) >= 11 is 0. The second kappa shape index (κ2) is 8.86. The van der Waals surface area contributed by atoms with E-state index < -0.39 is 0 Å². The minimum atomic E-state index is 0.230. The molecule has 1 saturated heterocycles. The van der Waals surface area contributed by atoms with Crippen molar-refractivity contribution >= 4 is 0 Å². The lowest BCUT2D eigenvalue weighted by atomic mass is 10.1. The quantitative estimate of drug-likeness (QED) is 0.687. The molecule has 0 amide bonds. The third-order valence-electron chi connectivity index (χ3n) is 3.52. The molecule has 1 rings (SSSR count). The van der Waals surface area contributed by atoms with E-state index in [1.165, 1.54) is 0 Å². The number of aliphatic hydroxyl groups is 1. The molecular formula is C14H30N2O2. The zero-order valence-electron chi connectivity index (χ0n) is 12.2. The molecule has 1 fully saturated rings. The van der Waals surface area contributed by atoms with Crippen molar-refractivity contribution in [2.24, 2.45) is 0 Å². The second-order valence-corrected chi connectivity index (χ2v) is 5.49. The highest BCUT2D eigenvalue weighted by Gasteiger charge is 2.19. The van der Waals surface area contributed by atoms with Crippen molar-refractivity contribution in [3.63, 3.8) is 0 Å². The number of hydrogen-bond acceptors (Lipinski definition) is 4. The lowest BCUT2D eigenvalue weighted by Crippen LogP contribution is -2.42. The van der Waals surface area contributed by atoms with E-state index in [9.17, 15) is 5.11 Å². The third-order valence-corrected chi connectivity index (χ3v) is 3.52. The Balaban J connectivity index is 2.16. The van der Waals surface area contributed by atoms with Gasteiger partial charge in [-0.15, -0.1) is 0 Å². The molecule has 0 aromatic carbocycles. The topological polar surface area (TPSA) is 44.7 Å². The van der Waals surface area contributed by atoms with Crippen LogP contribution in [0.1, 0.15) is 40.0 Å². The van der Waals surface area contributed by atoms with Gasteiger partial charge in [0.2, 0.25) is 0 Å². The van der Waals surface area contributed by atoms with Crippen LogP contribution in [-0.4, -0.2) is 61.0 Å². The predicted octanol–water partition coefficient (Wildman–Crippen LogP) is 1.24. The fourth-order valence-electron chi connectivity index (χ4n) is 2.57. The lowest BCUT2D eigenvalue weighted by molar-refractivity contribution is 0.0131. The van der Waals surface area contributed by atoms with Crippen LogP contribution in [0.2, 0.25) is 0 Å². The number of ether oxygens (including phenoxy) is 1. The van der Waals surface area contributed by atoms with Crippen LogP contribution in [0.5, 0.6) is 0 Å². The Kier molecular flexibility index (Phi) is 7.82. The largest absolute Gasteiger partial charge is 0.395 e. The van der Waals surface area contributed by atoms with Crippen LogP contribution in [0.3, 0.4) is 0 Å². The number of hydrogen-bond donors (Lipinski definition) is 2. The van der Waals surface area contributed by atoms with Crippen molar-refractivity contribution in [2.45, 2.75) is 58.2 Å². The van der Waals surface area contributed by atoms with Crippen LogP contribution in [0.25, 0.3) is 0 Å². The van der Waals surface area contributed by atoms with Crippen LogP contribution in [-0.2, 0) is 4.74 Å². The standard InChI is InChI=1S/C14H30N2O2/c1-4-18-14-6-9-16(10-7-14)8-5-13(11-17)15-12(2)3/h12-15,17H,4-11H2,1-3H3. The van der Waals surface area contributed by atoms with Gasteiger partial charge in [0.05, 0.1) is 12.7 Å². The Morgan fingerprint density at radius 3 is 2.50 bits per heavy atom. The van der Waals surface area contributed by atoms with E-state index in [2.05, 4.69) is 31.0 Å². The summed E-state index contributed by atoms with van der Waals surface area (Å²) in [6, 6.07) is 0.667. The summed E-state index contributed by atoms with van der Waals surface area (Å²) in [5, 5.41) is 12.7. The van der Waals surface area contributed by atoms with Crippen molar-refractivity contribution in [3.05, 3.63) is 0 Å². The zero-order valence-corrected chi connectivity index (χ0v) is 12.2. The highest BCUT2D eigenvalue weighted by molar-refractivity contribution is 4.75. The Hall–Kier alpha value is -0.160. The van der Waals surface area contributed by atoms with E-state index in [4.69, 9.17) is 4.74 Å². The number of likely N-dealkylation sites (tertiary alicyclic amines) is 1. The minimum absolute atomic E-state index is 0.230. The molecule has 1 heterocycles. The minimum Gasteiger partial charge on any atom is -0.395 e. The SMILES string of the molecule is CCOC1CCN(CCC(CO)NC(C)C)CC1. The molecule has 1 aliphatic rings. The zero-order chi connectivity index (χ0) is 13.4. The van der Waals surface area contributed by atoms with Gasteiger partial charge in [0, 0.05) is 31.8 Å². The first-order chi connectivity index (χ1) is 8.65. The molecule has 2 N–H and O–H groups in total. The fraction of sp³-hybridized carbons (Fsp3) is 1.00. The van der Waals surface area contributed by atoms with Gasteiger partial charge in [-0.2, -0.15) is 0 Å². The number of piperidine rings is 1. The van der Waals surface area contributed by atoms with Gasteiger partial charge in [0.15, 0.2) is 0 Å². The van der Waals surface area contributed by atoms with Crippen molar-refractivity contribution in [1.82, 2.24) is 10.2 Å². The summed E-state index contributed by atoms with van der Waals surface area (Å²) in [4.78, 5) is 2.49. The molecular weight excluding hydrogens is 228 g/mol. The Morgan fingerprint density at radius 2 is 2.00 bits per heavy atom. The van der Waals surface area contributed by atoms with E-state index in [0.717, 1.165) is 45.5 Å². The maximum absolute atomic E-state index is 9.32. The van der Waals surface area contributed by atoms with Crippen LogP contribution < -0.4 is 5.32 Å². The smallest absolute Gasteiger partial charge is 0.0599 e. The van der Waals surface area contributed by atoms with Crippen molar-refractivity contribution in [1.29, 1.82) is 0 Å². The normalized spacial score (nSPS) is 20.5. The maximum Gasteiger partial charge on any atom is 0.0599 e. The average Bonchev–Trinajstić information content (AvgIpc) is 2.36. The monoisotopic (exact) mass is 258 g/mol. The molecule has 0 aromatic rings. The van der Waals surface area contributed by atoms with E-state index >= 15 is 0 Å². The fourth-order valence-corrected chi connectivity index (χ4v) is 2.57. The average molecular weight is 258 g/mol. The van der Waals surface area contributed by atoms with Gasteiger partial charge < -0.3 is 20.1 Å². The summed E-state index contributed by atoms with van der Waals surface area (Å²) in [6.07, 6.45) is 3.78. The highest BCUT2D eigenvalue weighted by Crippen LogP contribution is 2.14. The molecule has 108 valence electrons. The van der Waals surface area contributed by atoms with Crippen LogP contribution in [0.15, 0.2) is 0 Å². The van der Waals surface area contributed by atoms with Crippen LogP contribution >= 0.6 is 0 Å². The molecule has 0 saturated carbocycles. The van der Waals surface area contributed by atoms with Gasteiger partial charge >= 0.3 is 0 Å². The van der Waals surface area contributed by atoms with Gasteiger partial charge in [-0.1, -0.05) is 13.8 Å².